The van der Waals surface area contributed by atoms with Crippen LogP contribution in [0.3, 0.4) is 0 Å². The molecule has 0 aliphatic rings. The van der Waals surface area contributed by atoms with E-state index in [1.165, 1.54) is 0 Å². The van der Waals surface area contributed by atoms with E-state index in [-0.39, 0.29) is 25.9 Å². The van der Waals surface area contributed by atoms with Gasteiger partial charge in [0, 0.05) is 0 Å². The van der Waals surface area contributed by atoms with Crippen LogP contribution >= 0.6 is 15.9 Å². The molecule has 0 amide bonds. The van der Waals surface area contributed by atoms with Gasteiger partial charge in [0.05, 0.1) is 30.4 Å². The highest BCUT2D eigenvalue weighted by atomic mass is 79.9. The summed E-state index contributed by atoms with van der Waals surface area (Å²) in [6, 6.07) is 3.48. The monoisotopic (exact) mass is 362 g/mol. The van der Waals surface area contributed by atoms with Gasteiger partial charge >= 0.3 is 0 Å². The first-order valence-corrected chi connectivity index (χ1v) is 7.75. The van der Waals surface area contributed by atoms with Gasteiger partial charge < -0.3 is 24.4 Å². The van der Waals surface area contributed by atoms with Crippen molar-refractivity contribution < 1.29 is 24.4 Å². The maximum absolute atomic E-state index is 9.83. The number of aliphatic hydroxyl groups excluding tert-OH is 2. The third kappa shape index (κ3) is 6.22. The average Bonchev–Trinajstić information content (AvgIpc) is 2.44. The fourth-order valence-electron chi connectivity index (χ4n) is 1.65. The number of halogens is 1. The second-order valence-electron chi connectivity index (χ2n) is 4.84. The lowest BCUT2D eigenvalue weighted by molar-refractivity contribution is -0.0127. The van der Waals surface area contributed by atoms with Crippen LogP contribution in [0.25, 0.3) is 0 Å². The Bertz CT molecular complexity index is 436. The van der Waals surface area contributed by atoms with Gasteiger partial charge in [-0.25, -0.2) is 0 Å². The molecule has 120 valence electrons. The molecule has 0 radical (unpaired) electrons. The minimum Gasteiger partial charge on any atom is -0.490 e. The van der Waals surface area contributed by atoms with Crippen LogP contribution in [-0.4, -0.2) is 42.2 Å². The molecule has 0 fully saturated rings. The van der Waals surface area contributed by atoms with E-state index in [1.54, 1.807) is 12.1 Å². The van der Waals surface area contributed by atoms with Crippen LogP contribution in [0.1, 0.15) is 26.3 Å². The smallest absolute Gasteiger partial charge is 0.175 e. The van der Waals surface area contributed by atoms with Crippen LogP contribution in [-0.2, 0) is 11.3 Å². The highest BCUT2D eigenvalue weighted by Gasteiger charge is 2.14. The molecule has 5 nitrogen and oxygen atoms in total. The molecule has 0 saturated carbocycles. The van der Waals surface area contributed by atoms with Crippen LogP contribution in [0.4, 0.5) is 0 Å². The van der Waals surface area contributed by atoms with Crippen molar-refractivity contribution in [3.63, 3.8) is 0 Å². The largest absolute Gasteiger partial charge is 0.490 e. The van der Waals surface area contributed by atoms with Gasteiger partial charge in [-0.1, -0.05) is 0 Å². The third-order valence-electron chi connectivity index (χ3n) is 2.59. The van der Waals surface area contributed by atoms with Gasteiger partial charge in [0.15, 0.2) is 11.5 Å². The Morgan fingerprint density at radius 1 is 1.19 bits per heavy atom. The predicted octanol–water partition coefficient (Wildman–Crippen LogP) is 2.50. The summed E-state index contributed by atoms with van der Waals surface area (Å²) in [5.41, 5.74) is 0.723. The van der Waals surface area contributed by atoms with E-state index in [2.05, 4.69) is 15.9 Å². The lowest BCUT2D eigenvalue weighted by Crippen LogP contribution is -2.25. The zero-order valence-corrected chi connectivity index (χ0v) is 14.2. The van der Waals surface area contributed by atoms with Crippen LogP contribution < -0.4 is 9.47 Å². The standard InChI is InChI=1S/C15H23BrO5/c1-4-19-14-6-11(7-17)5-13(16)15(14)21-9-12(18)8-20-10(2)3/h5-6,10,12,17-18H,4,7-9H2,1-3H3. The summed E-state index contributed by atoms with van der Waals surface area (Å²) in [4.78, 5) is 0. The number of hydrogen-bond donors (Lipinski definition) is 2. The first-order chi connectivity index (χ1) is 9.97. The number of hydrogen-bond acceptors (Lipinski definition) is 5. The summed E-state index contributed by atoms with van der Waals surface area (Å²) in [7, 11) is 0. The van der Waals surface area contributed by atoms with Crippen molar-refractivity contribution in [2.75, 3.05) is 19.8 Å². The molecule has 1 atom stereocenters. The van der Waals surface area contributed by atoms with E-state index >= 15 is 0 Å². The molecule has 0 aliphatic heterocycles. The van der Waals surface area contributed by atoms with Crippen LogP contribution in [0, 0.1) is 0 Å². The minimum absolute atomic E-state index is 0.0641. The molecule has 0 heterocycles. The van der Waals surface area contributed by atoms with Gasteiger partial charge in [-0.05, 0) is 54.4 Å². The van der Waals surface area contributed by atoms with E-state index < -0.39 is 6.10 Å². The van der Waals surface area contributed by atoms with E-state index in [1.807, 2.05) is 20.8 Å². The van der Waals surface area contributed by atoms with Crippen LogP contribution in [0.15, 0.2) is 16.6 Å². The van der Waals surface area contributed by atoms with Crippen molar-refractivity contribution in [3.05, 3.63) is 22.2 Å². The number of rotatable bonds is 9. The summed E-state index contributed by atoms with van der Waals surface area (Å²) in [6.07, 6.45) is -0.652. The Kier molecular flexibility index (Phi) is 8.03. The Balaban J connectivity index is 2.72. The van der Waals surface area contributed by atoms with Gasteiger partial charge in [0.25, 0.3) is 0 Å². The van der Waals surface area contributed by atoms with E-state index in [0.29, 0.717) is 22.6 Å². The normalized spacial score (nSPS) is 12.5. The van der Waals surface area contributed by atoms with Gasteiger partial charge in [-0.15, -0.1) is 0 Å². The maximum Gasteiger partial charge on any atom is 0.175 e. The number of benzene rings is 1. The predicted molar refractivity (Wildman–Crippen MR) is 83.8 cm³/mol. The Labute approximate surface area is 134 Å². The van der Waals surface area contributed by atoms with Gasteiger partial charge in [-0.2, -0.15) is 0 Å². The fraction of sp³-hybridized carbons (Fsp3) is 0.600. The second-order valence-corrected chi connectivity index (χ2v) is 5.70. The maximum atomic E-state index is 9.83. The van der Waals surface area contributed by atoms with Crippen molar-refractivity contribution >= 4 is 15.9 Å². The van der Waals surface area contributed by atoms with E-state index in [4.69, 9.17) is 14.2 Å². The zero-order valence-electron chi connectivity index (χ0n) is 12.6. The van der Waals surface area contributed by atoms with Gasteiger partial charge in [-0.3, -0.25) is 0 Å². The summed E-state index contributed by atoms with van der Waals surface area (Å²) < 4.78 is 17.1. The van der Waals surface area contributed by atoms with Crippen molar-refractivity contribution in [3.8, 4) is 11.5 Å². The average molecular weight is 363 g/mol. The summed E-state index contributed by atoms with van der Waals surface area (Å²) in [6.45, 7) is 6.41. The number of ether oxygens (including phenoxy) is 3. The van der Waals surface area contributed by atoms with Gasteiger partial charge in [0.2, 0.25) is 0 Å². The van der Waals surface area contributed by atoms with E-state index in [9.17, 15) is 10.2 Å². The SMILES string of the molecule is CCOc1cc(CO)cc(Br)c1OCC(O)COC(C)C. The minimum atomic E-state index is -0.716. The number of aliphatic hydroxyl groups is 2. The third-order valence-corrected chi connectivity index (χ3v) is 3.18. The highest BCUT2D eigenvalue weighted by molar-refractivity contribution is 9.10. The quantitative estimate of drug-likeness (QED) is 0.706. The molecule has 1 unspecified atom stereocenters. The molecule has 0 aromatic heterocycles. The van der Waals surface area contributed by atoms with Crippen molar-refractivity contribution in [1.82, 2.24) is 0 Å². The van der Waals surface area contributed by atoms with Crippen molar-refractivity contribution in [2.45, 2.75) is 39.6 Å². The molecule has 0 saturated heterocycles. The molecule has 0 aliphatic carbocycles. The fourth-order valence-corrected chi connectivity index (χ4v) is 2.25. The lowest BCUT2D eigenvalue weighted by atomic mass is 10.2. The molecule has 2 N–H and O–H groups in total. The molecule has 1 aromatic rings. The molecular weight excluding hydrogens is 340 g/mol. The molecular formula is C15H23BrO5. The van der Waals surface area contributed by atoms with Crippen LogP contribution in [0.5, 0.6) is 11.5 Å². The Morgan fingerprint density at radius 3 is 2.48 bits per heavy atom. The Morgan fingerprint density at radius 2 is 1.90 bits per heavy atom. The second kappa shape index (κ2) is 9.25. The molecule has 21 heavy (non-hydrogen) atoms. The van der Waals surface area contributed by atoms with E-state index in [0.717, 1.165) is 5.56 Å². The molecule has 1 rings (SSSR count). The molecule has 0 spiro atoms. The molecule has 1 aromatic carbocycles. The topological polar surface area (TPSA) is 68.2 Å². The Hall–Kier alpha value is -0.820. The first-order valence-electron chi connectivity index (χ1n) is 6.96. The van der Waals surface area contributed by atoms with Crippen molar-refractivity contribution in [1.29, 1.82) is 0 Å². The van der Waals surface area contributed by atoms with Crippen LogP contribution in [0.2, 0.25) is 0 Å². The van der Waals surface area contributed by atoms with Gasteiger partial charge in [0.1, 0.15) is 12.7 Å². The summed E-state index contributed by atoms with van der Waals surface area (Å²) in [5.74, 6) is 1.05. The summed E-state index contributed by atoms with van der Waals surface area (Å²) >= 11 is 3.39. The zero-order chi connectivity index (χ0) is 15.8. The first kappa shape index (κ1) is 18.2. The van der Waals surface area contributed by atoms with Crippen molar-refractivity contribution in [2.24, 2.45) is 0 Å². The lowest BCUT2D eigenvalue weighted by Gasteiger charge is -2.18. The molecule has 0 bridgehead atoms. The highest BCUT2D eigenvalue weighted by Crippen LogP contribution is 2.37. The molecule has 6 heteroatoms. The summed E-state index contributed by atoms with van der Waals surface area (Å²) in [5, 5.41) is 19.0.